The molecule has 1 aliphatic heterocycles. The fourth-order valence-corrected chi connectivity index (χ4v) is 3.08. The van der Waals surface area contributed by atoms with Gasteiger partial charge in [-0.05, 0) is 55.5 Å². The van der Waals surface area contributed by atoms with E-state index in [1.807, 2.05) is 0 Å². The summed E-state index contributed by atoms with van der Waals surface area (Å²) in [5, 5.41) is 4.18. The van der Waals surface area contributed by atoms with E-state index in [1.165, 1.54) is 18.4 Å². The molecule has 2 atom stereocenters. The number of halogens is 1. The standard InChI is InChI=1S/C16H22ClNO2/c1-2-4-18-10-12-7-13(12)11-8-14(17)16-15(9-11)19-5-3-6-20-16/h8-9,12-13,18H,2-7,10H2,1H3. The number of nitrogens with one attached hydrogen (secondary N) is 1. The van der Waals surface area contributed by atoms with Gasteiger partial charge in [0.05, 0.1) is 18.2 Å². The average Bonchev–Trinajstić information content (AvgIpc) is 3.21. The molecular formula is C16H22ClNO2. The minimum atomic E-state index is 0.619. The Morgan fingerprint density at radius 1 is 1.30 bits per heavy atom. The molecule has 0 aromatic heterocycles. The van der Waals surface area contributed by atoms with Crippen LogP contribution in [0, 0.1) is 5.92 Å². The molecule has 0 amide bonds. The summed E-state index contributed by atoms with van der Waals surface area (Å²) < 4.78 is 11.4. The summed E-state index contributed by atoms with van der Waals surface area (Å²) in [5.41, 5.74) is 1.29. The lowest BCUT2D eigenvalue weighted by Crippen LogP contribution is -2.17. The molecular weight excluding hydrogens is 274 g/mol. The smallest absolute Gasteiger partial charge is 0.179 e. The molecule has 3 rings (SSSR count). The molecule has 1 N–H and O–H groups in total. The van der Waals surface area contributed by atoms with Crippen molar-refractivity contribution >= 4 is 11.6 Å². The van der Waals surface area contributed by atoms with Gasteiger partial charge in [-0.25, -0.2) is 0 Å². The lowest BCUT2D eigenvalue weighted by atomic mass is 10.1. The molecule has 20 heavy (non-hydrogen) atoms. The minimum absolute atomic E-state index is 0.619. The normalized spacial score (nSPS) is 24.3. The molecule has 1 fully saturated rings. The Balaban J connectivity index is 1.69. The second-order valence-corrected chi connectivity index (χ2v) is 6.09. The van der Waals surface area contributed by atoms with E-state index in [4.69, 9.17) is 21.1 Å². The van der Waals surface area contributed by atoms with Gasteiger partial charge in [0.2, 0.25) is 0 Å². The SMILES string of the molecule is CCCNCC1CC1c1cc(Cl)c2c(c1)OCCCO2. The zero-order valence-corrected chi connectivity index (χ0v) is 12.7. The third-order valence-corrected chi connectivity index (χ3v) is 4.29. The lowest BCUT2D eigenvalue weighted by molar-refractivity contribution is 0.297. The molecule has 1 aromatic carbocycles. The average molecular weight is 296 g/mol. The van der Waals surface area contributed by atoms with Crippen LogP contribution in [0.2, 0.25) is 5.02 Å². The number of benzene rings is 1. The summed E-state index contributed by atoms with van der Waals surface area (Å²) in [5.74, 6) is 2.89. The molecule has 0 spiro atoms. The maximum Gasteiger partial charge on any atom is 0.179 e. The Bertz CT molecular complexity index is 478. The van der Waals surface area contributed by atoms with Crippen molar-refractivity contribution < 1.29 is 9.47 Å². The predicted octanol–water partition coefficient (Wildman–Crippen LogP) is 3.60. The topological polar surface area (TPSA) is 30.5 Å². The lowest BCUT2D eigenvalue weighted by Gasteiger charge is -2.11. The first kappa shape index (κ1) is 14.0. The second kappa shape index (κ2) is 6.23. The second-order valence-electron chi connectivity index (χ2n) is 5.69. The Morgan fingerprint density at radius 2 is 2.15 bits per heavy atom. The van der Waals surface area contributed by atoms with E-state index in [-0.39, 0.29) is 0 Å². The van der Waals surface area contributed by atoms with E-state index >= 15 is 0 Å². The van der Waals surface area contributed by atoms with Gasteiger partial charge in [-0.2, -0.15) is 0 Å². The van der Waals surface area contributed by atoms with Crippen molar-refractivity contribution in [3.05, 3.63) is 22.7 Å². The molecule has 1 aromatic rings. The molecule has 2 aliphatic rings. The zero-order valence-electron chi connectivity index (χ0n) is 12.0. The van der Waals surface area contributed by atoms with E-state index in [2.05, 4.69) is 24.4 Å². The van der Waals surface area contributed by atoms with Crippen LogP contribution in [0.1, 0.15) is 37.7 Å². The van der Waals surface area contributed by atoms with Gasteiger partial charge < -0.3 is 14.8 Å². The minimum Gasteiger partial charge on any atom is -0.489 e. The maximum absolute atomic E-state index is 6.35. The fraction of sp³-hybridized carbons (Fsp3) is 0.625. The van der Waals surface area contributed by atoms with Crippen molar-refractivity contribution in [2.24, 2.45) is 5.92 Å². The van der Waals surface area contributed by atoms with E-state index in [0.717, 1.165) is 31.2 Å². The van der Waals surface area contributed by atoms with Gasteiger partial charge in [0.25, 0.3) is 0 Å². The Morgan fingerprint density at radius 3 is 3.00 bits per heavy atom. The largest absolute Gasteiger partial charge is 0.489 e. The van der Waals surface area contributed by atoms with Crippen LogP contribution in [0.5, 0.6) is 11.5 Å². The van der Waals surface area contributed by atoms with Gasteiger partial charge >= 0.3 is 0 Å². The number of rotatable bonds is 5. The third kappa shape index (κ3) is 3.04. The van der Waals surface area contributed by atoms with Gasteiger partial charge in [0.15, 0.2) is 11.5 Å². The van der Waals surface area contributed by atoms with Gasteiger partial charge in [-0.1, -0.05) is 18.5 Å². The van der Waals surface area contributed by atoms with Crippen LogP contribution in [-0.4, -0.2) is 26.3 Å². The number of hydrogen-bond donors (Lipinski definition) is 1. The summed E-state index contributed by atoms with van der Waals surface area (Å²) >= 11 is 6.35. The molecule has 1 saturated carbocycles. The Hall–Kier alpha value is -0.930. The van der Waals surface area contributed by atoms with Crippen LogP contribution >= 0.6 is 11.6 Å². The number of fused-ring (bicyclic) bond motifs is 1. The summed E-state index contributed by atoms with van der Waals surface area (Å²) in [6, 6.07) is 4.18. The summed E-state index contributed by atoms with van der Waals surface area (Å²) in [6.07, 6.45) is 3.34. The molecule has 3 nitrogen and oxygen atoms in total. The van der Waals surface area contributed by atoms with Crippen LogP contribution < -0.4 is 14.8 Å². The predicted molar refractivity (Wildman–Crippen MR) is 81.1 cm³/mol. The van der Waals surface area contributed by atoms with E-state index in [0.29, 0.717) is 29.9 Å². The van der Waals surface area contributed by atoms with Crippen LogP contribution in [0.25, 0.3) is 0 Å². The first-order chi connectivity index (χ1) is 9.79. The van der Waals surface area contributed by atoms with Crippen molar-refractivity contribution in [2.75, 3.05) is 26.3 Å². The molecule has 0 radical (unpaired) electrons. The number of hydrogen-bond acceptors (Lipinski definition) is 3. The summed E-state index contributed by atoms with van der Waals surface area (Å²) in [6.45, 7) is 5.79. The van der Waals surface area contributed by atoms with E-state index < -0.39 is 0 Å². The van der Waals surface area contributed by atoms with Gasteiger partial charge in [-0.3, -0.25) is 0 Å². The fourth-order valence-electron chi connectivity index (χ4n) is 2.81. The summed E-state index contributed by atoms with van der Waals surface area (Å²) in [7, 11) is 0. The van der Waals surface area contributed by atoms with Gasteiger partial charge in [-0.15, -0.1) is 0 Å². The monoisotopic (exact) mass is 295 g/mol. The Kier molecular flexibility index (Phi) is 4.37. The zero-order chi connectivity index (χ0) is 13.9. The van der Waals surface area contributed by atoms with Crippen molar-refractivity contribution in [1.82, 2.24) is 5.32 Å². The molecule has 110 valence electrons. The van der Waals surface area contributed by atoms with Crippen molar-refractivity contribution in [2.45, 2.75) is 32.1 Å². The molecule has 2 unspecified atom stereocenters. The highest BCUT2D eigenvalue weighted by Crippen LogP contribution is 2.50. The van der Waals surface area contributed by atoms with Crippen LogP contribution in [0.3, 0.4) is 0 Å². The molecule has 0 bridgehead atoms. The van der Waals surface area contributed by atoms with E-state index in [1.54, 1.807) is 0 Å². The third-order valence-electron chi connectivity index (χ3n) is 4.01. The van der Waals surface area contributed by atoms with Gasteiger partial charge in [0, 0.05) is 6.42 Å². The van der Waals surface area contributed by atoms with Crippen LogP contribution in [0.4, 0.5) is 0 Å². The highest BCUT2D eigenvalue weighted by Gasteiger charge is 2.38. The first-order valence-electron chi connectivity index (χ1n) is 7.59. The van der Waals surface area contributed by atoms with Crippen molar-refractivity contribution in [3.8, 4) is 11.5 Å². The highest BCUT2D eigenvalue weighted by molar-refractivity contribution is 6.32. The highest BCUT2D eigenvalue weighted by atomic mass is 35.5. The molecule has 4 heteroatoms. The summed E-state index contributed by atoms with van der Waals surface area (Å²) in [4.78, 5) is 0. The van der Waals surface area contributed by atoms with Gasteiger partial charge in [0.1, 0.15) is 0 Å². The first-order valence-corrected chi connectivity index (χ1v) is 7.97. The molecule has 0 saturated heterocycles. The van der Waals surface area contributed by atoms with Crippen molar-refractivity contribution in [1.29, 1.82) is 0 Å². The molecule has 1 heterocycles. The van der Waals surface area contributed by atoms with Crippen LogP contribution in [0.15, 0.2) is 12.1 Å². The Labute approximate surface area is 125 Å². The maximum atomic E-state index is 6.35. The van der Waals surface area contributed by atoms with E-state index in [9.17, 15) is 0 Å². The number of ether oxygens (including phenoxy) is 2. The van der Waals surface area contributed by atoms with Crippen molar-refractivity contribution in [3.63, 3.8) is 0 Å². The molecule has 1 aliphatic carbocycles. The quantitative estimate of drug-likeness (QED) is 0.842. The van der Waals surface area contributed by atoms with Crippen LogP contribution in [-0.2, 0) is 0 Å².